The van der Waals surface area contributed by atoms with Crippen LogP contribution in [0.15, 0.2) is 66.7 Å². The third-order valence-electron chi connectivity index (χ3n) is 6.31. The normalized spacial score (nSPS) is 21.9. The molecule has 2 unspecified atom stereocenters. The number of benzene rings is 3. The van der Waals surface area contributed by atoms with Crippen molar-refractivity contribution in [1.82, 2.24) is 4.90 Å². The minimum atomic E-state index is 0.648. The molecule has 2 aliphatic heterocycles. The van der Waals surface area contributed by atoms with Gasteiger partial charge in [0.15, 0.2) is 0 Å². The van der Waals surface area contributed by atoms with Crippen LogP contribution < -0.4 is 9.80 Å². The SMILES string of the molecule is CN(C)c1ccc(N2CC3CC2CN3Cc2cccc3ccccc23)cc1. The smallest absolute Gasteiger partial charge is 0.0433 e. The van der Waals surface area contributed by atoms with Gasteiger partial charge in [0, 0.05) is 57.2 Å². The Hall–Kier alpha value is -2.52. The topological polar surface area (TPSA) is 9.72 Å². The van der Waals surface area contributed by atoms with Crippen molar-refractivity contribution in [3.05, 3.63) is 72.3 Å². The van der Waals surface area contributed by atoms with Crippen molar-refractivity contribution in [2.75, 3.05) is 37.0 Å². The number of hydrogen-bond acceptors (Lipinski definition) is 3. The summed E-state index contributed by atoms with van der Waals surface area (Å²) in [7, 11) is 4.19. The Kier molecular flexibility index (Phi) is 4.05. The maximum Gasteiger partial charge on any atom is 0.0433 e. The molecule has 27 heavy (non-hydrogen) atoms. The van der Waals surface area contributed by atoms with Crippen LogP contribution in [-0.2, 0) is 6.54 Å². The molecule has 2 bridgehead atoms. The van der Waals surface area contributed by atoms with Crippen LogP contribution in [0.4, 0.5) is 11.4 Å². The van der Waals surface area contributed by atoms with Gasteiger partial charge in [-0.3, -0.25) is 4.90 Å². The Balaban J connectivity index is 1.31. The fourth-order valence-electron chi connectivity index (χ4n) is 4.85. The van der Waals surface area contributed by atoms with E-state index in [1.807, 2.05) is 0 Å². The monoisotopic (exact) mass is 357 g/mol. The zero-order valence-electron chi connectivity index (χ0n) is 16.2. The molecule has 3 heteroatoms. The van der Waals surface area contributed by atoms with Gasteiger partial charge in [-0.05, 0) is 47.0 Å². The molecule has 138 valence electrons. The summed E-state index contributed by atoms with van der Waals surface area (Å²) < 4.78 is 0. The molecule has 5 rings (SSSR count). The van der Waals surface area contributed by atoms with Crippen LogP contribution >= 0.6 is 0 Å². The Morgan fingerprint density at radius 1 is 0.852 bits per heavy atom. The molecule has 2 saturated heterocycles. The number of nitrogens with zero attached hydrogens (tertiary/aromatic N) is 3. The molecule has 0 aromatic heterocycles. The van der Waals surface area contributed by atoms with Gasteiger partial charge in [-0.1, -0.05) is 42.5 Å². The second-order valence-corrected chi connectivity index (χ2v) is 8.17. The first-order valence-electron chi connectivity index (χ1n) is 9.94. The summed E-state index contributed by atoms with van der Waals surface area (Å²) in [5, 5.41) is 2.75. The van der Waals surface area contributed by atoms with Crippen LogP contribution in [-0.4, -0.2) is 44.2 Å². The summed E-state index contributed by atoms with van der Waals surface area (Å²) in [4.78, 5) is 7.46. The average molecular weight is 358 g/mol. The molecule has 2 heterocycles. The first kappa shape index (κ1) is 16.6. The number of fused-ring (bicyclic) bond motifs is 3. The van der Waals surface area contributed by atoms with Gasteiger partial charge >= 0.3 is 0 Å². The van der Waals surface area contributed by atoms with Gasteiger partial charge in [0.1, 0.15) is 0 Å². The highest BCUT2D eigenvalue weighted by molar-refractivity contribution is 5.85. The summed E-state index contributed by atoms with van der Waals surface area (Å²) >= 11 is 0. The summed E-state index contributed by atoms with van der Waals surface area (Å²) in [6, 6.07) is 25.8. The van der Waals surface area contributed by atoms with Gasteiger partial charge in [-0.15, -0.1) is 0 Å². The third kappa shape index (κ3) is 2.96. The number of rotatable bonds is 4. The number of hydrogen-bond donors (Lipinski definition) is 0. The van der Waals surface area contributed by atoms with E-state index in [1.165, 1.54) is 40.7 Å². The fourth-order valence-corrected chi connectivity index (χ4v) is 4.85. The first-order valence-corrected chi connectivity index (χ1v) is 9.94. The van der Waals surface area contributed by atoms with Gasteiger partial charge in [-0.25, -0.2) is 0 Å². The van der Waals surface area contributed by atoms with Crippen molar-refractivity contribution in [2.24, 2.45) is 0 Å². The highest BCUT2D eigenvalue weighted by Gasteiger charge is 2.43. The Bertz CT molecular complexity index is 942. The second kappa shape index (κ2) is 6.58. The van der Waals surface area contributed by atoms with E-state index in [4.69, 9.17) is 0 Å². The van der Waals surface area contributed by atoms with Gasteiger partial charge in [0.2, 0.25) is 0 Å². The lowest BCUT2D eigenvalue weighted by atomic mass is 10.0. The van der Waals surface area contributed by atoms with Crippen LogP contribution in [0.5, 0.6) is 0 Å². The third-order valence-corrected chi connectivity index (χ3v) is 6.31. The van der Waals surface area contributed by atoms with Crippen molar-refractivity contribution in [3.63, 3.8) is 0 Å². The van der Waals surface area contributed by atoms with Crippen molar-refractivity contribution in [3.8, 4) is 0 Å². The van der Waals surface area contributed by atoms with E-state index in [0.717, 1.165) is 13.1 Å². The highest BCUT2D eigenvalue weighted by atomic mass is 15.3. The largest absolute Gasteiger partial charge is 0.378 e. The van der Waals surface area contributed by atoms with Crippen LogP contribution in [0.2, 0.25) is 0 Å². The maximum absolute atomic E-state index is 2.69. The first-order chi connectivity index (χ1) is 13.2. The Labute approximate surface area is 161 Å². The minimum Gasteiger partial charge on any atom is -0.378 e. The van der Waals surface area contributed by atoms with E-state index in [1.54, 1.807) is 0 Å². The number of likely N-dealkylation sites (tertiary alicyclic amines) is 1. The number of anilines is 2. The highest BCUT2D eigenvalue weighted by Crippen LogP contribution is 2.36. The Morgan fingerprint density at radius 3 is 2.37 bits per heavy atom. The molecule has 0 N–H and O–H groups in total. The summed E-state index contributed by atoms with van der Waals surface area (Å²) in [5.41, 5.74) is 4.10. The summed E-state index contributed by atoms with van der Waals surface area (Å²) in [6.45, 7) is 3.38. The molecular formula is C24H27N3. The lowest BCUT2D eigenvalue weighted by Crippen LogP contribution is -2.46. The molecule has 2 atom stereocenters. The molecule has 0 amide bonds. The van der Waals surface area contributed by atoms with E-state index in [-0.39, 0.29) is 0 Å². The lowest BCUT2D eigenvalue weighted by Gasteiger charge is -2.36. The van der Waals surface area contributed by atoms with Gasteiger partial charge in [-0.2, -0.15) is 0 Å². The van der Waals surface area contributed by atoms with E-state index in [2.05, 4.69) is 95.5 Å². The van der Waals surface area contributed by atoms with Crippen LogP contribution in [0, 0.1) is 0 Å². The zero-order chi connectivity index (χ0) is 18.4. The fraction of sp³-hybridized carbons (Fsp3) is 0.333. The average Bonchev–Trinajstić information content (AvgIpc) is 3.29. The molecule has 0 radical (unpaired) electrons. The van der Waals surface area contributed by atoms with Crippen molar-refractivity contribution >= 4 is 22.1 Å². The molecule has 0 spiro atoms. The predicted octanol–water partition coefficient (Wildman–Crippen LogP) is 4.37. The molecule has 0 saturated carbocycles. The quantitative estimate of drug-likeness (QED) is 0.686. The van der Waals surface area contributed by atoms with Gasteiger partial charge in [0.05, 0.1) is 0 Å². The van der Waals surface area contributed by atoms with Crippen molar-refractivity contribution in [1.29, 1.82) is 0 Å². The molecule has 3 nitrogen and oxygen atoms in total. The second-order valence-electron chi connectivity index (χ2n) is 8.17. The zero-order valence-corrected chi connectivity index (χ0v) is 16.2. The molecule has 3 aromatic rings. The number of piperazine rings is 1. The van der Waals surface area contributed by atoms with E-state index >= 15 is 0 Å². The molecular weight excluding hydrogens is 330 g/mol. The standard InChI is InChI=1S/C24H27N3/c1-25(2)20-10-12-21(13-11-20)27-17-22-14-23(27)16-26(22)15-19-8-5-7-18-6-3-4-9-24(18)19/h3-13,22-23H,14-17H2,1-2H3. The van der Waals surface area contributed by atoms with Gasteiger partial charge in [0.25, 0.3) is 0 Å². The van der Waals surface area contributed by atoms with E-state index in [9.17, 15) is 0 Å². The van der Waals surface area contributed by atoms with Crippen LogP contribution in [0.1, 0.15) is 12.0 Å². The molecule has 0 aliphatic carbocycles. The summed E-state index contributed by atoms with van der Waals surface area (Å²) in [6.07, 6.45) is 1.29. The van der Waals surface area contributed by atoms with E-state index < -0.39 is 0 Å². The Morgan fingerprint density at radius 2 is 1.63 bits per heavy atom. The van der Waals surface area contributed by atoms with Crippen molar-refractivity contribution < 1.29 is 0 Å². The van der Waals surface area contributed by atoms with Gasteiger partial charge < -0.3 is 9.80 Å². The van der Waals surface area contributed by atoms with Crippen molar-refractivity contribution in [2.45, 2.75) is 25.0 Å². The van der Waals surface area contributed by atoms with Crippen LogP contribution in [0.25, 0.3) is 10.8 Å². The maximum atomic E-state index is 2.69. The lowest BCUT2D eigenvalue weighted by molar-refractivity contribution is 0.231. The molecule has 2 aliphatic rings. The molecule has 2 fully saturated rings. The molecule has 3 aromatic carbocycles. The van der Waals surface area contributed by atoms with Crippen LogP contribution in [0.3, 0.4) is 0 Å². The summed E-state index contributed by atoms with van der Waals surface area (Å²) in [5.74, 6) is 0. The predicted molar refractivity (Wildman–Crippen MR) is 115 cm³/mol. The van der Waals surface area contributed by atoms with E-state index in [0.29, 0.717) is 12.1 Å². The minimum absolute atomic E-state index is 0.648.